The fraction of sp³-hybridized carbons (Fsp3) is 0.500. The van der Waals surface area contributed by atoms with Crippen LogP contribution in [0.2, 0.25) is 0 Å². The van der Waals surface area contributed by atoms with Gasteiger partial charge in [-0.15, -0.1) is 0 Å². The number of benzene rings is 1. The number of hydrogen-bond donors (Lipinski definition) is 2. The SMILES string of the molecule is CC1Oc2ccc(NCC3(C)COC3)cc2NC1=O. The Labute approximate surface area is 112 Å². The van der Waals surface area contributed by atoms with Gasteiger partial charge in [-0.2, -0.15) is 0 Å². The van der Waals surface area contributed by atoms with Crippen LogP contribution in [0.3, 0.4) is 0 Å². The second-order valence-electron chi connectivity index (χ2n) is 5.62. The summed E-state index contributed by atoms with van der Waals surface area (Å²) in [5.74, 6) is 0.611. The van der Waals surface area contributed by atoms with Gasteiger partial charge in [-0.25, -0.2) is 0 Å². The summed E-state index contributed by atoms with van der Waals surface area (Å²) in [7, 11) is 0. The largest absolute Gasteiger partial charge is 0.479 e. The van der Waals surface area contributed by atoms with E-state index in [1.54, 1.807) is 6.92 Å². The van der Waals surface area contributed by atoms with E-state index in [1.807, 2.05) is 18.2 Å². The fourth-order valence-corrected chi connectivity index (χ4v) is 2.19. The number of anilines is 2. The van der Waals surface area contributed by atoms with E-state index in [0.29, 0.717) is 0 Å². The van der Waals surface area contributed by atoms with Gasteiger partial charge in [-0.3, -0.25) is 4.79 Å². The molecule has 0 spiro atoms. The van der Waals surface area contributed by atoms with Crippen molar-refractivity contribution in [1.82, 2.24) is 0 Å². The van der Waals surface area contributed by atoms with Crippen LogP contribution in [-0.2, 0) is 9.53 Å². The van der Waals surface area contributed by atoms with E-state index in [9.17, 15) is 4.79 Å². The third-order valence-electron chi connectivity index (χ3n) is 3.53. The van der Waals surface area contributed by atoms with Gasteiger partial charge in [0.25, 0.3) is 5.91 Å². The van der Waals surface area contributed by atoms with Crippen LogP contribution in [0.5, 0.6) is 5.75 Å². The van der Waals surface area contributed by atoms with Crippen molar-refractivity contribution in [3.8, 4) is 5.75 Å². The molecule has 0 bridgehead atoms. The van der Waals surface area contributed by atoms with Crippen molar-refractivity contribution in [2.75, 3.05) is 30.4 Å². The average Bonchev–Trinajstić information content (AvgIpc) is 2.35. The van der Waals surface area contributed by atoms with Gasteiger partial charge in [-0.05, 0) is 25.1 Å². The molecule has 1 aromatic carbocycles. The van der Waals surface area contributed by atoms with Crippen molar-refractivity contribution >= 4 is 17.3 Å². The van der Waals surface area contributed by atoms with Crippen LogP contribution in [0.25, 0.3) is 0 Å². The van der Waals surface area contributed by atoms with Gasteiger partial charge in [0, 0.05) is 17.6 Å². The average molecular weight is 262 g/mol. The Kier molecular flexibility index (Phi) is 2.86. The van der Waals surface area contributed by atoms with E-state index in [1.165, 1.54) is 0 Å². The molecule has 1 fully saturated rings. The first-order chi connectivity index (χ1) is 9.06. The highest BCUT2D eigenvalue weighted by atomic mass is 16.5. The van der Waals surface area contributed by atoms with Crippen LogP contribution in [0.4, 0.5) is 11.4 Å². The van der Waals surface area contributed by atoms with Gasteiger partial charge < -0.3 is 20.1 Å². The Morgan fingerprint density at radius 2 is 2.26 bits per heavy atom. The predicted molar refractivity (Wildman–Crippen MR) is 72.6 cm³/mol. The number of amides is 1. The number of hydrogen-bond acceptors (Lipinski definition) is 4. The van der Waals surface area contributed by atoms with Crippen LogP contribution in [0.15, 0.2) is 18.2 Å². The molecular formula is C14H18N2O3. The number of carbonyl (C=O) groups excluding carboxylic acids is 1. The smallest absolute Gasteiger partial charge is 0.265 e. The number of rotatable bonds is 3. The zero-order chi connectivity index (χ0) is 13.5. The molecule has 2 N–H and O–H groups in total. The third-order valence-corrected chi connectivity index (χ3v) is 3.53. The monoisotopic (exact) mass is 262 g/mol. The van der Waals surface area contributed by atoms with Crippen LogP contribution in [0.1, 0.15) is 13.8 Å². The summed E-state index contributed by atoms with van der Waals surface area (Å²) >= 11 is 0. The number of nitrogens with one attached hydrogen (secondary N) is 2. The Morgan fingerprint density at radius 3 is 2.95 bits per heavy atom. The second kappa shape index (κ2) is 4.42. The molecule has 3 rings (SSSR count). The van der Waals surface area contributed by atoms with Crippen molar-refractivity contribution < 1.29 is 14.3 Å². The molecule has 2 aliphatic heterocycles. The molecule has 2 aliphatic rings. The molecule has 1 unspecified atom stereocenters. The molecule has 5 nitrogen and oxygen atoms in total. The molecule has 0 saturated carbocycles. The third kappa shape index (κ3) is 2.38. The maximum atomic E-state index is 11.6. The van der Waals surface area contributed by atoms with Crippen LogP contribution in [0, 0.1) is 5.41 Å². The van der Waals surface area contributed by atoms with E-state index in [-0.39, 0.29) is 11.3 Å². The second-order valence-corrected chi connectivity index (χ2v) is 5.62. The lowest BCUT2D eigenvalue weighted by molar-refractivity contribution is -0.122. The minimum atomic E-state index is -0.433. The number of carbonyl (C=O) groups is 1. The predicted octanol–water partition coefficient (Wildman–Crippen LogP) is 1.85. The van der Waals surface area contributed by atoms with Crippen molar-refractivity contribution in [2.45, 2.75) is 20.0 Å². The summed E-state index contributed by atoms with van der Waals surface area (Å²) < 4.78 is 10.7. The van der Waals surface area contributed by atoms with Gasteiger partial charge in [0.15, 0.2) is 6.10 Å². The first-order valence-corrected chi connectivity index (χ1v) is 6.49. The van der Waals surface area contributed by atoms with E-state index in [4.69, 9.17) is 9.47 Å². The highest BCUT2D eigenvalue weighted by Crippen LogP contribution is 2.33. The molecule has 5 heteroatoms. The molecule has 2 heterocycles. The molecular weight excluding hydrogens is 244 g/mol. The molecule has 0 aromatic heterocycles. The molecule has 0 aliphatic carbocycles. The number of fused-ring (bicyclic) bond motifs is 1. The highest BCUT2D eigenvalue weighted by Gasteiger charge is 2.33. The summed E-state index contributed by atoms with van der Waals surface area (Å²) in [5.41, 5.74) is 1.91. The summed E-state index contributed by atoms with van der Waals surface area (Å²) in [5, 5.41) is 6.22. The van der Waals surface area contributed by atoms with Crippen LogP contribution in [-0.4, -0.2) is 31.8 Å². The first-order valence-electron chi connectivity index (χ1n) is 6.49. The molecule has 1 saturated heterocycles. The van der Waals surface area contributed by atoms with Gasteiger partial charge >= 0.3 is 0 Å². The van der Waals surface area contributed by atoms with Gasteiger partial charge in [0.1, 0.15) is 5.75 Å². The van der Waals surface area contributed by atoms with Crippen molar-refractivity contribution in [1.29, 1.82) is 0 Å². The molecule has 1 atom stereocenters. The quantitative estimate of drug-likeness (QED) is 0.873. The Balaban J connectivity index is 1.71. The molecule has 0 radical (unpaired) electrons. The maximum absolute atomic E-state index is 11.6. The van der Waals surface area contributed by atoms with Crippen molar-refractivity contribution in [3.63, 3.8) is 0 Å². The van der Waals surface area contributed by atoms with E-state index >= 15 is 0 Å². The Hall–Kier alpha value is -1.75. The summed E-state index contributed by atoms with van der Waals surface area (Å²) in [4.78, 5) is 11.6. The van der Waals surface area contributed by atoms with E-state index in [2.05, 4.69) is 17.6 Å². The summed E-state index contributed by atoms with van der Waals surface area (Å²) in [6.45, 7) is 6.37. The highest BCUT2D eigenvalue weighted by molar-refractivity contribution is 5.98. The molecule has 102 valence electrons. The van der Waals surface area contributed by atoms with Crippen molar-refractivity contribution in [2.24, 2.45) is 5.41 Å². The fourth-order valence-electron chi connectivity index (χ4n) is 2.19. The zero-order valence-corrected chi connectivity index (χ0v) is 11.2. The molecule has 19 heavy (non-hydrogen) atoms. The summed E-state index contributed by atoms with van der Waals surface area (Å²) in [6, 6.07) is 5.75. The van der Waals surface area contributed by atoms with Crippen molar-refractivity contribution in [3.05, 3.63) is 18.2 Å². The zero-order valence-electron chi connectivity index (χ0n) is 11.2. The topological polar surface area (TPSA) is 59.6 Å². The normalized spacial score (nSPS) is 23.7. The van der Waals surface area contributed by atoms with E-state index < -0.39 is 6.10 Å². The standard InChI is InChI=1S/C14H18N2O3/c1-9-13(17)16-11-5-10(3-4-12(11)19-9)15-6-14(2)7-18-8-14/h3-5,9,15H,6-8H2,1-2H3,(H,16,17). The van der Waals surface area contributed by atoms with Gasteiger partial charge in [-0.1, -0.05) is 6.92 Å². The Bertz CT molecular complexity index is 511. The first kappa shape index (κ1) is 12.3. The maximum Gasteiger partial charge on any atom is 0.265 e. The van der Waals surface area contributed by atoms with Crippen LogP contribution < -0.4 is 15.4 Å². The molecule has 1 amide bonds. The Morgan fingerprint density at radius 1 is 1.47 bits per heavy atom. The van der Waals surface area contributed by atoms with Crippen LogP contribution >= 0.6 is 0 Å². The lowest BCUT2D eigenvalue weighted by Gasteiger charge is -2.38. The minimum absolute atomic E-state index is 0.107. The number of ether oxygens (including phenoxy) is 2. The molecule has 1 aromatic rings. The van der Waals surface area contributed by atoms with Gasteiger partial charge in [0.05, 0.1) is 18.9 Å². The van der Waals surface area contributed by atoms with Gasteiger partial charge in [0.2, 0.25) is 0 Å². The lowest BCUT2D eigenvalue weighted by atomic mass is 9.88. The van der Waals surface area contributed by atoms with E-state index in [0.717, 1.165) is 36.9 Å². The minimum Gasteiger partial charge on any atom is -0.479 e. The summed E-state index contributed by atoms with van der Waals surface area (Å²) in [6.07, 6.45) is -0.433. The lowest BCUT2D eigenvalue weighted by Crippen LogP contribution is -2.45.